The van der Waals surface area contributed by atoms with E-state index in [2.05, 4.69) is 22.3 Å². The van der Waals surface area contributed by atoms with Crippen LogP contribution in [0.1, 0.15) is 71.9 Å². The number of alkyl carbamates (subject to hydrolysis) is 1. The summed E-state index contributed by atoms with van der Waals surface area (Å²) in [6.45, 7) is 8.55. The number of nitrogens with zero attached hydrogens (tertiary/aromatic N) is 1. The molecule has 0 fully saturated rings. The van der Waals surface area contributed by atoms with Crippen LogP contribution in [-0.2, 0) is 23.9 Å². The number of hydrogen-bond acceptors (Lipinski definition) is 7. The van der Waals surface area contributed by atoms with Crippen LogP contribution in [0.25, 0.3) is 0 Å². The first-order valence-electron chi connectivity index (χ1n) is 11.8. The number of methoxy groups -OCH3 is 1. The molecule has 0 saturated heterocycles. The number of phenolic OH excluding ortho intramolecular Hbond substituents is 1. The zero-order valence-electron chi connectivity index (χ0n) is 21.6. The predicted octanol–water partition coefficient (Wildman–Crippen LogP) is 3.04. The number of nitrogens with one attached hydrogen (secondary N) is 2. The molecule has 10 nitrogen and oxygen atoms in total. The molecular formula is C25H39N3O7. The number of benzene rings is 1. The van der Waals surface area contributed by atoms with Gasteiger partial charge in [0.25, 0.3) is 0 Å². The van der Waals surface area contributed by atoms with Crippen LogP contribution in [-0.4, -0.2) is 65.7 Å². The molecule has 3 amide bonds. The van der Waals surface area contributed by atoms with Gasteiger partial charge >= 0.3 is 12.1 Å². The van der Waals surface area contributed by atoms with Crippen molar-refractivity contribution in [1.82, 2.24) is 15.5 Å². The van der Waals surface area contributed by atoms with E-state index in [0.29, 0.717) is 12.0 Å². The molecule has 1 rings (SSSR count). The second-order valence-electron chi connectivity index (χ2n) is 9.25. The lowest BCUT2D eigenvalue weighted by molar-refractivity contribution is -0.144. The normalized spacial score (nSPS) is 12.7. The van der Waals surface area contributed by atoms with Crippen molar-refractivity contribution in [1.29, 1.82) is 0 Å². The molecule has 0 spiro atoms. The first kappa shape index (κ1) is 29.7. The standard InChI is InChI=1S/C25H39N3O7/c1-7-8-9-10-14-28(23(32)17(2)27-24(33)35-25(3,4)5)21(18-12-11-13-19(29)15-18)22(31)26-16-20(30)34-6/h11-13,15,17,21,29H,7-10,14,16H2,1-6H3,(H,26,31)(H,27,33). The van der Waals surface area contributed by atoms with Gasteiger partial charge in [0.15, 0.2) is 0 Å². The molecule has 35 heavy (non-hydrogen) atoms. The highest BCUT2D eigenvalue weighted by atomic mass is 16.6. The van der Waals surface area contributed by atoms with Crippen LogP contribution in [0.2, 0.25) is 0 Å². The maximum atomic E-state index is 13.5. The summed E-state index contributed by atoms with van der Waals surface area (Å²) in [5.41, 5.74) is -0.384. The molecule has 0 radical (unpaired) electrons. The molecule has 2 atom stereocenters. The van der Waals surface area contributed by atoms with Crippen molar-refractivity contribution in [3.05, 3.63) is 29.8 Å². The van der Waals surface area contributed by atoms with E-state index in [-0.39, 0.29) is 18.8 Å². The summed E-state index contributed by atoms with van der Waals surface area (Å²) in [7, 11) is 1.20. The maximum absolute atomic E-state index is 13.5. The van der Waals surface area contributed by atoms with Gasteiger partial charge in [-0.3, -0.25) is 14.4 Å². The van der Waals surface area contributed by atoms with Crippen molar-refractivity contribution in [3.8, 4) is 5.75 Å². The molecule has 0 bridgehead atoms. The van der Waals surface area contributed by atoms with Gasteiger partial charge in [0.05, 0.1) is 7.11 Å². The van der Waals surface area contributed by atoms with E-state index in [9.17, 15) is 24.3 Å². The monoisotopic (exact) mass is 493 g/mol. The van der Waals surface area contributed by atoms with E-state index in [4.69, 9.17) is 4.74 Å². The summed E-state index contributed by atoms with van der Waals surface area (Å²) in [4.78, 5) is 52.0. The molecular weight excluding hydrogens is 454 g/mol. The van der Waals surface area contributed by atoms with E-state index in [1.165, 1.54) is 31.1 Å². The lowest BCUT2D eigenvalue weighted by Gasteiger charge is -2.33. The van der Waals surface area contributed by atoms with Crippen LogP contribution in [0.15, 0.2) is 24.3 Å². The third kappa shape index (κ3) is 10.7. The lowest BCUT2D eigenvalue weighted by Crippen LogP contribution is -2.52. The van der Waals surface area contributed by atoms with Crippen molar-refractivity contribution in [2.45, 2.75) is 78.0 Å². The minimum Gasteiger partial charge on any atom is -0.508 e. The highest BCUT2D eigenvalue weighted by Gasteiger charge is 2.34. The average Bonchev–Trinajstić information content (AvgIpc) is 2.77. The van der Waals surface area contributed by atoms with Crippen LogP contribution in [0.5, 0.6) is 5.75 Å². The average molecular weight is 494 g/mol. The molecule has 0 heterocycles. The van der Waals surface area contributed by atoms with Gasteiger partial charge in [-0.1, -0.05) is 38.3 Å². The number of unbranched alkanes of at least 4 members (excludes halogenated alkanes) is 3. The van der Waals surface area contributed by atoms with Crippen molar-refractivity contribution >= 4 is 23.9 Å². The second kappa shape index (κ2) is 14.2. The lowest BCUT2D eigenvalue weighted by atomic mass is 10.0. The Morgan fingerprint density at radius 3 is 2.37 bits per heavy atom. The minimum absolute atomic E-state index is 0.0772. The fraction of sp³-hybridized carbons (Fsp3) is 0.600. The van der Waals surface area contributed by atoms with Gasteiger partial charge in [-0.15, -0.1) is 0 Å². The Labute approximate surface area is 207 Å². The largest absolute Gasteiger partial charge is 0.508 e. The van der Waals surface area contributed by atoms with Gasteiger partial charge in [-0.2, -0.15) is 0 Å². The topological polar surface area (TPSA) is 134 Å². The number of amides is 3. The molecule has 0 aliphatic rings. The Hall–Kier alpha value is -3.30. The number of carbonyl (C=O) groups is 4. The van der Waals surface area contributed by atoms with Crippen LogP contribution >= 0.6 is 0 Å². The smallest absolute Gasteiger partial charge is 0.408 e. The van der Waals surface area contributed by atoms with E-state index in [1.54, 1.807) is 32.9 Å². The van der Waals surface area contributed by atoms with E-state index < -0.39 is 41.6 Å². The summed E-state index contributed by atoms with van der Waals surface area (Å²) in [6, 6.07) is 3.87. The quantitative estimate of drug-likeness (QED) is 0.301. The number of rotatable bonds is 12. The molecule has 0 aliphatic carbocycles. The number of esters is 1. The zero-order valence-corrected chi connectivity index (χ0v) is 21.6. The summed E-state index contributed by atoms with van der Waals surface area (Å²) in [6.07, 6.45) is 2.65. The van der Waals surface area contributed by atoms with E-state index >= 15 is 0 Å². The van der Waals surface area contributed by atoms with Crippen molar-refractivity contribution in [2.24, 2.45) is 0 Å². The molecule has 2 unspecified atom stereocenters. The summed E-state index contributed by atoms with van der Waals surface area (Å²) < 4.78 is 9.84. The fourth-order valence-electron chi connectivity index (χ4n) is 3.37. The Bertz CT molecular complexity index is 867. The van der Waals surface area contributed by atoms with E-state index in [0.717, 1.165) is 19.3 Å². The predicted molar refractivity (Wildman–Crippen MR) is 131 cm³/mol. The van der Waals surface area contributed by atoms with Gasteiger partial charge in [0.2, 0.25) is 11.8 Å². The number of aromatic hydroxyl groups is 1. The number of phenols is 1. The Morgan fingerprint density at radius 2 is 1.80 bits per heavy atom. The molecule has 0 saturated carbocycles. The number of carbonyl (C=O) groups excluding carboxylic acids is 4. The Morgan fingerprint density at radius 1 is 1.11 bits per heavy atom. The first-order chi connectivity index (χ1) is 16.4. The van der Waals surface area contributed by atoms with E-state index in [1.807, 2.05) is 0 Å². The summed E-state index contributed by atoms with van der Waals surface area (Å²) in [5, 5.41) is 15.0. The highest BCUT2D eigenvalue weighted by Crippen LogP contribution is 2.26. The molecule has 0 aliphatic heterocycles. The second-order valence-corrected chi connectivity index (χ2v) is 9.25. The van der Waals surface area contributed by atoms with Gasteiger partial charge in [0, 0.05) is 6.54 Å². The minimum atomic E-state index is -1.15. The number of ether oxygens (including phenoxy) is 2. The molecule has 3 N–H and O–H groups in total. The van der Waals surface area contributed by atoms with Gasteiger partial charge < -0.3 is 30.1 Å². The molecule has 1 aromatic rings. The number of hydrogen-bond donors (Lipinski definition) is 3. The summed E-state index contributed by atoms with van der Waals surface area (Å²) in [5.74, 6) is -1.84. The Balaban J connectivity index is 3.29. The molecule has 0 aromatic heterocycles. The summed E-state index contributed by atoms with van der Waals surface area (Å²) >= 11 is 0. The molecule has 10 heteroatoms. The van der Waals surface area contributed by atoms with Gasteiger partial charge in [0.1, 0.15) is 30.0 Å². The van der Waals surface area contributed by atoms with Crippen molar-refractivity contribution < 1.29 is 33.8 Å². The third-order valence-corrected chi connectivity index (χ3v) is 5.02. The van der Waals surface area contributed by atoms with Crippen LogP contribution in [0.4, 0.5) is 4.79 Å². The third-order valence-electron chi connectivity index (χ3n) is 5.02. The highest BCUT2D eigenvalue weighted by molar-refractivity contribution is 5.93. The SMILES string of the molecule is CCCCCCN(C(=O)C(C)NC(=O)OC(C)(C)C)C(C(=O)NCC(=O)OC)c1cccc(O)c1. The molecule has 196 valence electrons. The first-order valence-corrected chi connectivity index (χ1v) is 11.8. The fourth-order valence-corrected chi connectivity index (χ4v) is 3.37. The Kier molecular flexibility index (Phi) is 12.0. The van der Waals surface area contributed by atoms with Gasteiger partial charge in [-0.25, -0.2) is 4.79 Å². The zero-order chi connectivity index (χ0) is 26.6. The maximum Gasteiger partial charge on any atom is 0.408 e. The van der Waals surface area contributed by atoms with Crippen LogP contribution < -0.4 is 10.6 Å². The van der Waals surface area contributed by atoms with Crippen molar-refractivity contribution in [3.63, 3.8) is 0 Å². The van der Waals surface area contributed by atoms with Gasteiger partial charge in [-0.05, 0) is 51.8 Å². The van der Waals surface area contributed by atoms with Crippen LogP contribution in [0.3, 0.4) is 0 Å². The van der Waals surface area contributed by atoms with Crippen molar-refractivity contribution in [2.75, 3.05) is 20.2 Å². The van der Waals surface area contributed by atoms with Crippen LogP contribution in [0, 0.1) is 0 Å². The molecule has 1 aromatic carbocycles.